The zero-order valence-electron chi connectivity index (χ0n) is 17.7. The first-order valence-corrected chi connectivity index (χ1v) is 11.7. The lowest BCUT2D eigenvalue weighted by Gasteiger charge is -2.19. The quantitative estimate of drug-likeness (QED) is 0.403. The summed E-state index contributed by atoms with van der Waals surface area (Å²) in [6.45, 7) is 3.81. The number of aromatic nitrogens is 1. The molecule has 4 N–H and O–H groups in total. The number of nitrogens with one attached hydrogen (secondary N) is 2. The first-order chi connectivity index (χ1) is 15.3. The second-order valence-corrected chi connectivity index (χ2v) is 9.53. The molecule has 0 saturated carbocycles. The molecule has 0 fully saturated rings. The standard InChI is InChI=1S/C23H24Cl2N4O2S/c1-13(2)9-19(28-20(30)12-26)23(31)29-21-11-16(15-3-4-17(24)18(25)10-15)22(32-21)14-5-7-27-8-6-14/h3-8,10-11,13,19H,9,12,26H2,1-2H3,(H,28,30)(H,29,31)/t19-/m0/s1. The predicted molar refractivity (Wildman–Crippen MR) is 132 cm³/mol. The average molecular weight is 491 g/mol. The molecule has 168 valence electrons. The van der Waals surface area contributed by atoms with Crippen LogP contribution in [0.3, 0.4) is 0 Å². The number of amides is 2. The van der Waals surface area contributed by atoms with Crippen LogP contribution >= 0.6 is 34.5 Å². The summed E-state index contributed by atoms with van der Waals surface area (Å²) in [5, 5.41) is 7.23. The van der Waals surface area contributed by atoms with Gasteiger partial charge >= 0.3 is 0 Å². The molecule has 0 radical (unpaired) electrons. The van der Waals surface area contributed by atoms with E-state index >= 15 is 0 Å². The summed E-state index contributed by atoms with van der Waals surface area (Å²) in [5.74, 6) is -0.444. The molecule has 2 amide bonds. The minimum Gasteiger partial charge on any atom is -0.343 e. The van der Waals surface area contributed by atoms with Crippen molar-refractivity contribution in [1.82, 2.24) is 10.3 Å². The molecule has 2 aromatic heterocycles. The van der Waals surface area contributed by atoms with Crippen LogP contribution in [0, 0.1) is 5.92 Å². The molecular weight excluding hydrogens is 467 g/mol. The Bertz CT molecular complexity index is 1100. The van der Waals surface area contributed by atoms with Crippen molar-refractivity contribution in [2.45, 2.75) is 26.3 Å². The SMILES string of the molecule is CC(C)C[C@H](NC(=O)CN)C(=O)Nc1cc(-c2ccc(Cl)c(Cl)c2)c(-c2ccncc2)s1. The predicted octanol–water partition coefficient (Wildman–Crippen LogP) is 5.21. The van der Waals surface area contributed by atoms with Crippen molar-refractivity contribution in [1.29, 1.82) is 0 Å². The number of carbonyl (C=O) groups is 2. The van der Waals surface area contributed by atoms with Gasteiger partial charge in [0.05, 0.1) is 21.6 Å². The van der Waals surface area contributed by atoms with Crippen LogP contribution in [-0.2, 0) is 9.59 Å². The highest BCUT2D eigenvalue weighted by Crippen LogP contribution is 2.43. The highest BCUT2D eigenvalue weighted by molar-refractivity contribution is 7.20. The largest absolute Gasteiger partial charge is 0.343 e. The summed E-state index contributed by atoms with van der Waals surface area (Å²) in [4.78, 5) is 29.8. The van der Waals surface area contributed by atoms with Crippen LogP contribution < -0.4 is 16.4 Å². The Kier molecular flexibility index (Phi) is 8.26. The van der Waals surface area contributed by atoms with E-state index in [0.717, 1.165) is 21.6 Å². The number of nitrogens with zero attached hydrogens (tertiary/aromatic N) is 1. The normalized spacial score (nSPS) is 11.9. The average Bonchev–Trinajstić information content (AvgIpc) is 3.19. The number of anilines is 1. The fourth-order valence-electron chi connectivity index (χ4n) is 3.21. The first kappa shape index (κ1) is 24.2. The molecule has 0 aliphatic rings. The van der Waals surface area contributed by atoms with Crippen LogP contribution in [0.1, 0.15) is 20.3 Å². The summed E-state index contributed by atoms with van der Waals surface area (Å²) in [6.07, 6.45) is 3.93. The molecule has 0 saturated heterocycles. The van der Waals surface area contributed by atoms with E-state index < -0.39 is 6.04 Å². The number of pyridine rings is 1. The minimum atomic E-state index is -0.675. The van der Waals surface area contributed by atoms with Gasteiger partial charge in [-0.3, -0.25) is 14.6 Å². The van der Waals surface area contributed by atoms with Crippen molar-refractivity contribution in [3.63, 3.8) is 0 Å². The molecule has 2 heterocycles. The van der Waals surface area contributed by atoms with E-state index in [1.807, 2.05) is 38.1 Å². The maximum Gasteiger partial charge on any atom is 0.247 e. The number of nitrogens with two attached hydrogens (primary N) is 1. The Hall–Kier alpha value is -2.45. The van der Waals surface area contributed by atoms with Crippen molar-refractivity contribution >= 4 is 51.4 Å². The molecule has 0 aliphatic heterocycles. The highest BCUT2D eigenvalue weighted by atomic mass is 35.5. The van der Waals surface area contributed by atoms with Gasteiger partial charge < -0.3 is 16.4 Å². The molecule has 0 aliphatic carbocycles. The maximum absolute atomic E-state index is 13.0. The van der Waals surface area contributed by atoms with Gasteiger partial charge in [-0.25, -0.2) is 0 Å². The van der Waals surface area contributed by atoms with Crippen molar-refractivity contribution in [3.05, 3.63) is 58.8 Å². The third kappa shape index (κ3) is 6.07. The Balaban J connectivity index is 1.96. The number of carbonyl (C=O) groups excluding carboxylic acids is 2. The fourth-order valence-corrected chi connectivity index (χ4v) is 4.60. The smallest absolute Gasteiger partial charge is 0.247 e. The van der Waals surface area contributed by atoms with E-state index in [4.69, 9.17) is 28.9 Å². The van der Waals surface area contributed by atoms with E-state index in [2.05, 4.69) is 15.6 Å². The van der Waals surface area contributed by atoms with Crippen LogP contribution in [0.15, 0.2) is 48.8 Å². The lowest BCUT2D eigenvalue weighted by Crippen LogP contribution is -2.46. The summed E-state index contributed by atoms with van der Waals surface area (Å²) < 4.78 is 0. The van der Waals surface area contributed by atoms with Crippen LogP contribution in [0.5, 0.6) is 0 Å². The number of rotatable bonds is 8. The lowest BCUT2D eigenvalue weighted by atomic mass is 10.0. The van der Waals surface area contributed by atoms with Gasteiger partial charge in [0.1, 0.15) is 6.04 Å². The molecule has 3 aromatic rings. The fraction of sp³-hybridized carbons (Fsp3) is 0.261. The Morgan fingerprint density at radius 2 is 1.78 bits per heavy atom. The van der Waals surface area contributed by atoms with Gasteiger partial charge in [0.2, 0.25) is 11.8 Å². The summed E-state index contributed by atoms with van der Waals surface area (Å²) >= 11 is 13.8. The van der Waals surface area contributed by atoms with Crippen molar-refractivity contribution in [2.24, 2.45) is 11.7 Å². The zero-order chi connectivity index (χ0) is 23.3. The summed E-state index contributed by atoms with van der Waals surface area (Å²) in [5.41, 5.74) is 8.15. The van der Waals surface area contributed by atoms with Crippen molar-refractivity contribution in [2.75, 3.05) is 11.9 Å². The van der Waals surface area contributed by atoms with Crippen LogP contribution in [0.2, 0.25) is 10.0 Å². The second kappa shape index (κ2) is 10.9. The van der Waals surface area contributed by atoms with Crippen molar-refractivity contribution in [3.8, 4) is 21.6 Å². The lowest BCUT2D eigenvalue weighted by molar-refractivity contribution is -0.125. The van der Waals surface area contributed by atoms with Crippen LogP contribution in [-0.4, -0.2) is 29.4 Å². The summed E-state index contributed by atoms with van der Waals surface area (Å²) in [6, 6.07) is 10.5. The number of hydrogen-bond acceptors (Lipinski definition) is 5. The van der Waals surface area contributed by atoms with Gasteiger partial charge in [-0.05, 0) is 53.8 Å². The van der Waals surface area contributed by atoms with E-state index in [9.17, 15) is 9.59 Å². The Morgan fingerprint density at radius 1 is 1.06 bits per heavy atom. The number of hydrogen-bond donors (Lipinski definition) is 3. The van der Waals surface area contributed by atoms with E-state index in [1.165, 1.54) is 11.3 Å². The molecule has 6 nitrogen and oxygen atoms in total. The van der Waals surface area contributed by atoms with Gasteiger partial charge in [0.25, 0.3) is 0 Å². The summed E-state index contributed by atoms with van der Waals surface area (Å²) in [7, 11) is 0. The molecule has 1 atom stereocenters. The monoisotopic (exact) mass is 490 g/mol. The van der Waals surface area contributed by atoms with Gasteiger partial charge in [-0.1, -0.05) is 43.1 Å². The molecule has 32 heavy (non-hydrogen) atoms. The zero-order valence-corrected chi connectivity index (χ0v) is 20.0. The maximum atomic E-state index is 13.0. The molecule has 1 aromatic carbocycles. The molecular formula is C23H24Cl2N4O2S. The number of halogens is 2. The number of thiophene rings is 1. The van der Waals surface area contributed by atoms with Crippen molar-refractivity contribution < 1.29 is 9.59 Å². The Labute approximate surface area is 201 Å². The molecule has 3 rings (SSSR count). The molecule has 0 spiro atoms. The highest BCUT2D eigenvalue weighted by Gasteiger charge is 2.23. The van der Waals surface area contributed by atoms with Gasteiger partial charge in [-0.2, -0.15) is 0 Å². The van der Waals surface area contributed by atoms with E-state index in [-0.39, 0.29) is 24.3 Å². The van der Waals surface area contributed by atoms with Gasteiger partial charge in [-0.15, -0.1) is 11.3 Å². The topological polar surface area (TPSA) is 97.1 Å². The first-order valence-electron chi connectivity index (χ1n) is 10.1. The molecule has 0 unspecified atom stereocenters. The van der Waals surface area contributed by atoms with E-state index in [1.54, 1.807) is 24.5 Å². The van der Waals surface area contributed by atoms with Gasteiger partial charge in [0, 0.05) is 22.8 Å². The van der Waals surface area contributed by atoms with Crippen LogP contribution in [0.4, 0.5) is 5.00 Å². The third-order valence-corrected chi connectivity index (χ3v) is 6.53. The van der Waals surface area contributed by atoms with E-state index in [0.29, 0.717) is 21.5 Å². The van der Waals surface area contributed by atoms with Crippen LogP contribution in [0.25, 0.3) is 21.6 Å². The molecule has 0 bridgehead atoms. The molecule has 9 heteroatoms. The Morgan fingerprint density at radius 3 is 2.41 bits per heavy atom. The number of benzene rings is 1. The van der Waals surface area contributed by atoms with Gasteiger partial charge in [0.15, 0.2) is 0 Å². The third-order valence-electron chi connectivity index (χ3n) is 4.70. The second-order valence-electron chi connectivity index (χ2n) is 7.66. The minimum absolute atomic E-state index is 0.172.